The van der Waals surface area contributed by atoms with Gasteiger partial charge in [0, 0.05) is 37.6 Å². The standard InChI is InChI=1S/C23H28N4O5S/c1-3-20(28)25-11-16(12-25)14-27-21(29)18-10-17(33(31,32)24-23(2)8-9-23)6-7-19(18)26(22(27)30)13-15-4-5-15/h3,6-7,10,15-16,24H,1,4-5,8-9,11-14H2,2H3. The van der Waals surface area contributed by atoms with E-state index in [0.29, 0.717) is 31.1 Å². The fourth-order valence-corrected chi connectivity index (χ4v) is 5.88. The van der Waals surface area contributed by atoms with Gasteiger partial charge in [0.2, 0.25) is 15.9 Å². The summed E-state index contributed by atoms with van der Waals surface area (Å²) in [7, 11) is -3.79. The van der Waals surface area contributed by atoms with Gasteiger partial charge < -0.3 is 4.90 Å². The molecule has 3 fully saturated rings. The van der Waals surface area contributed by atoms with Crippen molar-refractivity contribution in [1.82, 2.24) is 18.8 Å². The fourth-order valence-electron chi connectivity index (χ4n) is 4.39. The van der Waals surface area contributed by atoms with Crippen LogP contribution in [0.25, 0.3) is 10.9 Å². The van der Waals surface area contributed by atoms with Gasteiger partial charge in [0.15, 0.2) is 0 Å². The van der Waals surface area contributed by atoms with E-state index in [9.17, 15) is 22.8 Å². The Bertz CT molecular complexity index is 1380. The smallest absolute Gasteiger partial charge is 0.331 e. The predicted octanol–water partition coefficient (Wildman–Crippen LogP) is 1.05. The number of hydrogen-bond acceptors (Lipinski definition) is 5. The van der Waals surface area contributed by atoms with Gasteiger partial charge in [-0.15, -0.1) is 0 Å². The summed E-state index contributed by atoms with van der Waals surface area (Å²) in [5.74, 6) is 0.200. The molecule has 1 N–H and O–H groups in total. The minimum atomic E-state index is -3.79. The van der Waals surface area contributed by atoms with Gasteiger partial charge in [0.1, 0.15) is 0 Å². The van der Waals surface area contributed by atoms with Gasteiger partial charge in [-0.25, -0.2) is 17.9 Å². The van der Waals surface area contributed by atoms with Gasteiger partial charge in [0.05, 0.1) is 15.8 Å². The van der Waals surface area contributed by atoms with E-state index in [2.05, 4.69) is 11.3 Å². The third-order valence-corrected chi connectivity index (χ3v) is 8.55. The fraction of sp³-hybridized carbons (Fsp3) is 0.522. The maximum Gasteiger partial charge on any atom is 0.331 e. The normalized spacial score (nSPS) is 20.0. The van der Waals surface area contributed by atoms with Crippen LogP contribution in [0.4, 0.5) is 0 Å². The Morgan fingerprint density at radius 3 is 2.42 bits per heavy atom. The highest BCUT2D eigenvalue weighted by Gasteiger charge is 2.41. The van der Waals surface area contributed by atoms with E-state index >= 15 is 0 Å². The lowest BCUT2D eigenvalue weighted by atomic mass is 10.00. The lowest BCUT2D eigenvalue weighted by molar-refractivity contribution is -0.132. The number of rotatable bonds is 8. The van der Waals surface area contributed by atoms with Crippen molar-refractivity contribution in [1.29, 1.82) is 0 Å². The van der Waals surface area contributed by atoms with Crippen molar-refractivity contribution in [2.45, 2.75) is 56.1 Å². The second-order valence-electron chi connectivity index (χ2n) is 9.91. The molecule has 33 heavy (non-hydrogen) atoms. The van der Waals surface area contributed by atoms with E-state index in [1.165, 1.54) is 22.8 Å². The molecular weight excluding hydrogens is 444 g/mol. The minimum Gasteiger partial charge on any atom is -0.338 e. The molecule has 0 atom stereocenters. The van der Waals surface area contributed by atoms with E-state index in [0.717, 1.165) is 25.7 Å². The summed E-state index contributed by atoms with van der Waals surface area (Å²) in [5.41, 5.74) is -0.850. The van der Waals surface area contributed by atoms with Crippen LogP contribution >= 0.6 is 0 Å². The molecule has 0 bridgehead atoms. The zero-order valence-corrected chi connectivity index (χ0v) is 19.4. The van der Waals surface area contributed by atoms with Crippen molar-refractivity contribution < 1.29 is 13.2 Å². The minimum absolute atomic E-state index is 0.0190. The van der Waals surface area contributed by atoms with Crippen LogP contribution in [0.5, 0.6) is 0 Å². The van der Waals surface area contributed by atoms with Gasteiger partial charge in [-0.2, -0.15) is 0 Å². The van der Waals surface area contributed by atoms with Crippen molar-refractivity contribution in [3.63, 3.8) is 0 Å². The highest BCUT2D eigenvalue weighted by Crippen LogP contribution is 2.36. The largest absolute Gasteiger partial charge is 0.338 e. The molecule has 2 aromatic rings. The van der Waals surface area contributed by atoms with Crippen molar-refractivity contribution in [2.24, 2.45) is 11.8 Å². The molecule has 10 heteroatoms. The monoisotopic (exact) mass is 472 g/mol. The quantitative estimate of drug-likeness (QED) is 0.578. The van der Waals surface area contributed by atoms with E-state index in [1.54, 1.807) is 15.5 Å². The van der Waals surface area contributed by atoms with Crippen LogP contribution in [0.1, 0.15) is 32.6 Å². The molecule has 9 nitrogen and oxygen atoms in total. The molecule has 5 rings (SSSR count). The number of carbonyl (C=O) groups is 1. The molecule has 3 aliphatic rings. The molecule has 1 aromatic heterocycles. The molecule has 0 spiro atoms. The number of nitrogens with one attached hydrogen (secondary N) is 1. The van der Waals surface area contributed by atoms with Crippen molar-refractivity contribution in [3.8, 4) is 0 Å². The number of likely N-dealkylation sites (tertiary alicyclic amines) is 1. The Morgan fingerprint density at radius 2 is 1.82 bits per heavy atom. The van der Waals surface area contributed by atoms with Crippen LogP contribution < -0.4 is 16.0 Å². The molecule has 176 valence electrons. The zero-order chi connectivity index (χ0) is 23.5. The maximum absolute atomic E-state index is 13.4. The van der Waals surface area contributed by atoms with Gasteiger partial charge in [-0.05, 0) is 62.8 Å². The first-order chi connectivity index (χ1) is 15.6. The van der Waals surface area contributed by atoms with E-state index in [1.807, 2.05) is 6.92 Å². The number of amides is 1. The van der Waals surface area contributed by atoms with E-state index in [-0.39, 0.29) is 34.3 Å². The number of fused-ring (bicyclic) bond motifs is 1. The van der Waals surface area contributed by atoms with Crippen molar-refractivity contribution >= 4 is 26.8 Å². The molecule has 2 heterocycles. The SMILES string of the molecule is C=CC(=O)N1CC(Cn2c(=O)c3cc(S(=O)(=O)NC4(C)CC4)ccc3n(CC3CC3)c2=O)C1. The summed E-state index contributed by atoms with van der Waals surface area (Å²) < 4.78 is 31.3. The van der Waals surface area contributed by atoms with Gasteiger partial charge in [0.25, 0.3) is 5.56 Å². The molecule has 1 saturated heterocycles. The second kappa shape index (κ2) is 7.66. The van der Waals surface area contributed by atoms with Crippen molar-refractivity contribution in [2.75, 3.05) is 13.1 Å². The number of sulfonamides is 1. The second-order valence-corrected chi connectivity index (χ2v) is 11.6. The van der Waals surface area contributed by atoms with Crippen LogP contribution in [0.2, 0.25) is 0 Å². The molecule has 0 unspecified atom stereocenters. The summed E-state index contributed by atoms with van der Waals surface area (Å²) in [6, 6.07) is 4.43. The maximum atomic E-state index is 13.4. The molecule has 0 radical (unpaired) electrons. The zero-order valence-electron chi connectivity index (χ0n) is 18.6. The first-order valence-corrected chi connectivity index (χ1v) is 12.8. The summed E-state index contributed by atoms with van der Waals surface area (Å²) in [4.78, 5) is 40.0. The van der Waals surface area contributed by atoms with Crippen LogP contribution in [0.15, 0.2) is 45.3 Å². The van der Waals surface area contributed by atoms with Gasteiger partial charge in [-0.3, -0.25) is 18.7 Å². The molecule has 2 saturated carbocycles. The average Bonchev–Trinajstić information content (AvgIpc) is 3.67. The first-order valence-electron chi connectivity index (χ1n) is 11.3. The summed E-state index contributed by atoms with van der Waals surface area (Å²) in [6.07, 6.45) is 4.87. The molecule has 1 aromatic carbocycles. The summed E-state index contributed by atoms with van der Waals surface area (Å²) in [5, 5.41) is 0.220. The average molecular weight is 473 g/mol. The number of aromatic nitrogens is 2. The lowest BCUT2D eigenvalue weighted by Crippen LogP contribution is -2.53. The van der Waals surface area contributed by atoms with Crippen LogP contribution in [-0.2, 0) is 27.9 Å². The molecule has 1 amide bonds. The summed E-state index contributed by atoms with van der Waals surface area (Å²) in [6.45, 7) is 6.93. The van der Waals surface area contributed by atoms with Crippen LogP contribution in [-0.4, -0.2) is 47.0 Å². The Kier molecular flexibility index (Phi) is 5.13. The Morgan fingerprint density at radius 1 is 1.15 bits per heavy atom. The Balaban J connectivity index is 1.55. The molecule has 2 aliphatic carbocycles. The third-order valence-electron chi connectivity index (χ3n) is 6.91. The molecule has 1 aliphatic heterocycles. The number of carbonyl (C=O) groups excluding carboxylic acids is 1. The Labute approximate surface area is 191 Å². The van der Waals surface area contributed by atoms with Crippen LogP contribution in [0.3, 0.4) is 0 Å². The molecular formula is C23H28N4O5S. The first kappa shape index (κ1) is 22.1. The van der Waals surface area contributed by atoms with E-state index in [4.69, 9.17) is 0 Å². The number of nitrogens with zero attached hydrogens (tertiary/aromatic N) is 3. The third kappa shape index (κ3) is 4.17. The predicted molar refractivity (Wildman–Crippen MR) is 123 cm³/mol. The number of benzene rings is 1. The highest BCUT2D eigenvalue weighted by molar-refractivity contribution is 7.89. The van der Waals surface area contributed by atoms with Gasteiger partial charge >= 0.3 is 5.69 Å². The van der Waals surface area contributed by atoms with Crippen molar-refractivity contribution in [3.05, 3.63) is 51.7 Å². The van der Waals surface area contributed by atoms with Crippen LogP contribution in [0, 0.1) is 11.8 Å². The Hall–Kier alpha value is -2.72. The highest BCUT2D eigenvalue weighted by atomic mass is 32.2. The topological polar surface area (TPSA) is 110 Å². The number of hydrogen-bond donors (Lipinski definition) is 1. The van der Waals surface area contributed by atoms with Gasteiger partial charge in [-0.1, -0.05) is 6.58 Å². The summed E-state index contributed by atoms with van der Waals surface area (Å²) >= 11 is 0. The lowest BCUT2D eigenvalue weighted by Gasteiger charge is -2.38. The van der Waals surface area contributed by atoms with E-state index < -0.39 is 21.1 Å².